The van der Waals surface area contributed by atoms with Crippen molar-refractivity contribution in [2.24, 2.45) is 5.73 Å². The van der Waals surface area contributed by atoms with E-state index in [1.165, 1.54) is 6.07 Å². The molecule has 0 saturated carbocycles. The molecular formula is C12H11BrF3N3S. The van der Waals surface area contributed by atoms with E-state index in [2.05, 4.69) is 26.1 Å². The second-order valence-electron chi connectivity index (χ2n) is 4.15. The summed E-state index contributed by atoms with van der Waals surface area (Å²) in [4.78, 5) is 0. The van der Waals surface area contributed by atoms with E-state index in [9.17, 15) is 13.2 Å². The minimum Gasteiger partial charge on any atom is -0.322 e. The average Bonchev–Trinajstić information content (AvgIpc) is 2.86. The molecule has 1 atom stereocenters. The van der Waals surface area contributed by atoms with E-state index in [-0.39, 0.29) is 16.6 Å². The van der Waals surface area contributed by atoms with Crippen LogP contribution < -0.4 is 5.73 Å². The van der Waals surface area contributed by atoms with Gasteiger partial charge in [0.1, 0.15) is 10.0 Å². The highest BCUT2D eigenvalue weighted by Gasteiger charge is 2.34. The number of hydrogen-bond donors (Lipinski definition) is 1. The predicted molar refractivity (Wildman–Crippen MR) is 75.3 cm³/mol. The number of aromatic nitrogens is 2. The lowest BCUT2D eigenvalue weighted by Gasteiger charge is -2.11. The maximum Gasteiger partial charge on any atom is 0.417 e. The molecule has 2 rings (SSSR count). The Kier molecular flexibility index (Phi) is 4.46. The molecule has 0 spiro atoms. The van der Waals surface area contributed by atoms with Crippen LogP contribution in [0.1, 0.15) is 30.0 Å². The van der Waals surface area contributed by atoms with Crippen LogP contribution in [0, 0.1) is 0 Å². The number of benzene rings is 1. The van der Waals surface area contributed by atoms with Crippen LogP contribution in [-0.4, -0.2) is 10.2 Å². The van der Waals surface area contributed by atoms with E-state index >= 15 is 0 Å². The summed E-state index contributed by atoms with van der Waals surface area (Å²) in [6.07, 6.45) is -3.79. The number of rotatable bonds is 3. The van der Waals surface area contributed by atoms with E-state index in [1.54, 1.807) is 6.07 Å². The zero-order valence-corrected chi connectivity index (χ0v) is 12.8. The van der Waals surface area contributed by atoms with Crippen LogP contribution in [0.3, 0.4) is 0 Å². The lowest BCUT2D eigenvalue weighted by Crippen LogP contribution is -2.07. The molecule has 1 aromatic carbocycles. The zero-order valence-electron chi connectivity index (χ0n) is 10.4. The summed E-state index contributed by atoms with van der Waals surface area (Å²) in [5.41, 5.74) is 5.10. The maximum absolute atomic E-state index is 13.1. The van der Waals surface area contributed by atoms with E-state index < -0.39 is 11.7 Å². The zero-order chi connectivity index (χ0) is 14.9. The van der Waals surface area contributed by atoms with Crippen molar-refractivity contribution in [2.75, 3.05) is 0 Å². The topological polar surface area (TPSA) is 51.8 Å². The Hall–Kier alpha value is -0.990. The lowest BCUT2D eigenvalue weighted by atomic mass is 10.1. The van der Waals surface area contributed by atoms with Gasteiger partial charge >= 0.3 is 6.18 Å². The van der Waals surface area contributed by atoms with Gasteiger partial charge < -0.3 is 5.73 Å². The molecule has 0 saturated heterocycles. The van der Waals surface area contributed by atoms with Crippen LogP contribution in [0.25, 0.3) is 10.6 Å². The smallest absolute Gasteiger partial charge is 0.322 e. The molecule has 0 radical (unpaired) electrons. The van der Waals surface area contributed by atoms with E-state index in [0.29, 0.717) is 15.9 Å². The van der Waals surface area contributed by atoms with Gasteiger partial charge in [0.15, 0.2) is 0 Å². The molecule has 108 valence electrons. The summed E-state index contributed by atoms with van der Waals surface area (Å²) in [7, 11) is 0. The molecule has 0 aliphatic heterocycles. The van der Waals surface area contributed by atoms with Gasteiger partial charge in [-0.25, -0.2) is 0 Å². The van der Waals surface area contributed by atoms with Gasteiger partial charge in [0.25, 0.3) is 0 Å². The lowest BCUT2D eigenvalue weighted by molar-refractivity contribution is -0.137. The predicted octanol–water partition coefficient (Wildman–Crippen LogP) is 4.40. The van der Waals surface area contributed by atoms with Crippen molar-refractivity contribution in [2.45, 2.75) is 25.6 Å². The fraction of sp³-hybridized carbons (Fsp3) is 0.333. The van der Waals surface area contributed by atoms with Gasteiger partial charge in [-0.3, -0.25) is 0 Å². The van der Waals surface area contributed by atoms with Crippen molar-refractivity contribution < 1.29 is 13.2 Å². The summed E-state index contributed by atoms with van der Waals surface area (Å²) in [6.45, 7) is 1.88. The maximum atomic E-state index is 13.1. The number of alkyl halides is 3. The molecular weight excluding hydrogens is 355 g/mol. The molecule has 2 N–H and O–H groups in total. The molecule has 1 aromatic heterocycles. The number of nitrogens with two attached hydrogens (primary N) is 1. The monoisotopic (exact) mass is 365 g/mol. The number of hydrogen-bond acceptors (Lipinski definition) is 4. The van der Waals surface area contributed by atoms with Crippen molar-refractivity contribution in [3.05, 3.63) is 33.2 Å². The van der Waals surface area contributed by atoms with Crippen LogP contribution in [0.4, 0.5) is 13.2 Å². The van der Waals surface area contributed by atoms with Crippen molar-refractivity contribution in [3.8, 4) is 10.6 Å². The molecule has 0 aliphatic carbocycles. The Balaban J connectivity index is 2.50. The first-order chi connectivity index (χ1) is 9.32. The Labute approximate surface area is 126 Å². The van der Waals surface area contributed by atoms with Crippen LogP contribution in [0.5, 0.6) is 0 Å². The quantitative estimate of drug-likeness (QED) is 0.876. The Bertz CT molecular complexity index is 612. The van der Waals surface area contributed by atoms with Crippen LogP contribution in [-0.2, 0) is 6.18 Å². The van der Waals surface area contributed by atoms with Gasteiger partial charge in [-0.05, 0) is 18.6 Å². The third-order valence-corrected chi connectivity index (χ3v) is 4.30. The molecule has 0 bridgehead atoms. The van der Waals surface area contributed by atoms with Gasteiger partial charge in [0.05, 0.1) is 11.6 Å². The average molecular weight is 366 g/mol. The summed E-state index contributed by atoms with van der Waals surface area (Å²) >= 11 is 4.14. The fourth-order valence-corrected chi connectivity index (χ4v) is 2.93. The summed E-state index contributed by atoms with van der Waals surface area (Å²) in [6, 6.07) is 3.67. The van der Waals surface area contributed by atoms with Gasteiger partial charge in [0.2, 0.25) is 0 Å². The van der Waals surface area contributed by atoms with Crippen molar-refractivity contribution in [1.82, 2.24) is 10.2 Å². The first kappa shape index (κ1) is 15.4. The summed E-state index contributed by atoms with van der Waals surface area (Å²) in [5.74, 6) is 0. The summed E-state index contributed by atoms with van der Waals surface area (Å²) < 4.78 is 39.5. The molecule has 0 aliphatic rings. The highest BCUT2D eigenvalue weighted by atomic mass is 79.9. The highest BCUT2D eigenvalue weighted by Crippen LogP contribution is 2.39. The van der Waals surface area contributed by atoms with Gasteiger partial charge in [-0.2, -0.15) is 13.2 Å². The normalized spacial score (nSPS) is 13.5. The summed E-state index contributed by atoms with van der Waals surface area (Å²) in [5, 5.41) is 8.47. The fourth-order valence-electron chi connectivity index (χ4n) is 1.61. The number of nitrogens with zero attached hydrogens (tertiary/aromatic N) is 2. The van der Waals surface area contributed by atoms with Crippen LogP contribution in [0.15, 0.2) is 22.7 Å². The van der Waals surface area contributed by atoms with Crippen molar-refractivity contribution in [1.29, 1.82) is 0 Å². The Morgan fingerprint density at radius 2 is 2.05 bits per heavy atom. The second kappa shape index (κ2) is 5.79. The molecule has 1 heterocycles. The van der Waals surface area contributed by atoms with E-state index in [0.717, 1.165) is 17.4 Å². The minimum atomic E-state index is -4.45. The SMILES string of the molecule is CCC(N)c1nnc(-c2ccc(Br)cc2C(F)(F)F)s1. The first-order valence-corrected chi connectivity index (χ1v) is 7.40. The van der Waals surface area contributed by atoms with Gasteiger partial charge in [-0.1, -0.05) is 40.3 Å². The first-order valence-electron chi connectivity index (χ1n) is 5.79. The molecule has 0 amide bonds. The standard InChI is InChI=1S/C12H11BrF3N3S/c1-2-9(17)11-19-18-10(20-11)7-4-3-6(13)5-8(7)12(14,15)16/h3-5,9H,2,17H2,1H3. The number of halogens is 4. The molecule has 0 fully saturated rings. The Morgan fingerprint density at radius 1 is 1.35 bits per heavy atom. The largest absolute Gasteiger partial charge is 0.417 e. The van der Waals surface area contributed by atoms with E-state index in [1.807, 2.05) is 6.92 Å². The minimum absolute atomic E-state index is 0.0211. The molecule has 1 unspecified atom stereocenters. The van der Waals surface area contributed by atoms with Gasteiger partial charge in [-0.15, -0.1) is 10.2 Å². The molecule has 2 aromatic rings. The third-order valence-electron chi connectivity index (χ3n) is 2.72. The van der Waals surface area contributed by atoms with Crippen LogP contribution >= 0.6 is 27.3 Å². The Morgan fingerprint density at radius 3 is 2.65 bits per heavy atom. The van der Waals surface area contributed by atoms with Gasteiger partial charge in [0, 0.05) is 10.0 Å². The van der Waals surface area contributed by atoms with E-state index in [4.69, 9.17) is 5.73 Å². The van der Waals surface area contributed by atoms with Crippen molar-refractivity contribution in [3.63, 3.8) is 0 Å². The highest BCUT2D eigenvalue weighted by molar-refractivity contribution is 9.10. The molecule has 3 nitrogen and oxygen atoms in total. The second-order valence-corrected chi connectivity index (χ2v) is 6.07. The molecule has 8 heteroatoms. The van der Waals surface area contributed by atoms with Crippen LogP contribution in [0.2, 0.25) is 0 Å². The third kappa shape index (κ3) is 3.18. The molecule has 20 heavy (non-hydrogen) atoms. The van der Waals surface area contributed by atoms with Crippen molar-refractivity contribution >= 4 is 27.3 Å².